The molecule has 1 N–H and O–H groups in total. The molecule has 0 bridgehead atoms. The van der Waals surface area contributed by atoms with Crippen LogP contribution in [0.1, 0.15) is 20.7 Å². The first-order chi connectivity index (χ1) is 11.0. The summed E-state index contributed by atoms with van der Waals surface area (Å²) >= 11 is 12.1. The molecular weight excluding hydrogens is 337 g/mol. The molecule has 0 saturated heterocycles. The van der Waals surface area contributed by atoms with Crippen molar-refractivity contribution in [3.63, 3.8) is 0 Å². The first-order valence-electron chi connectivity index (χ1n) is 6.71. The van der Waals surface area contributed by atoms with Crippen LogP contribution in [0.25, 0.3) is 0 Å². The molecule has 3 rings (SSSR count). The minimum Gasteiger partial charge on any atom is -0.495 e. The van der Waals surface area contributed by atoms with Gasteiger partial charge < -0.3 is 10.1 Å². The summed E-state index contributed by atoms with van der Waals surface area (Å²) in [6.07, 6.45) is 0. The van der Waals surface area contributed by atoms with E-state index in [4.69, 9.17) is 27.9 Å². The molecule has 0 saturated carbocycles. The highest BCUT2D eigenvalue weighted by atomic mass is 35.5. The van der Waals surface area contributed by atoms with Crippen molar-refractivity contribution in [1.29, 1.82) is 0 Å². The van der Waals surface area contributed by atoms with Crippen LogP contribution < -0.4 is 10.1 Å². The van der Waals surface area contributed by atoms with Gasteiger partial charge >= 0.3 is 0 Å². The fraction of sp³-hybridized carbons (Fsp3) is 0.0588. The van der Waals surface area contributed by atoms with Crippen molar-refractivity contribution in [3.05, 3.63) is 69.3 Å². The zero-order chi connectivity index (χ0) is 16.6. The third-order valence-corrected chi connectivity index (χ3v) is 4.08. The molecule has 4 nitrogen and oxygen atoms in total. The normalized spacial score (nSPS) is 13.9. The van der Waals surface area contributed by atoms with Gasteiger partial charge in [-0.3, -0.25) is 9.59 Å². The lowest BCUT2D eigenvalue weighted by atomic mass is 9.92. The molecule has 6 heteroatoms. The van der Waals surface area contributed by atoms with Crippen molar-refractivity contribution in [2.75, 3.05) is 12.4 Å². The van der Waals surface area contributed by atoms with Gasteiger partial charge in [-0.05, 0) is 18.2 Å². The van der Waals surface area contributed by atoms with Gasteiger partial charge in [-0.25, -0.2) is 0 Å². The maximum absolute atomic E-state index is 12.6. The van der Waals surface area contributed by atoms with E-state index in [9.17, 15) is 9.59 Å². The Morgan fingerprint density at radius 1 is 0.957 bits per heavy atom. The van der Waals surface area contributed by atoms with Crippen LogP contribution >= 0.6 is 23.2 Å². The van der Waals surface area contributed by atoms with Gasteiger partial charge in [0, 0.05) is 16.1 Å². The van der Waals surface area contributed by atoms with Gasteiger partial charge in [0.2, 0.25) is 11.6 Å². The molecule has 0 aromatic heterocycles. The van der Waals surface area contributed by atoms with Crippen molar-refractivity contribution in [2.45, 2.75) is 0 Å². The van der Waals surface area contributed by atoms with Crippen LogP contribution in [0.5, 0.6) is 5.75 Å². The number of fused-ring (bicyclic) bond motifs is 1. The number of Topliss-reactive ketones (excluding diaryl/α,β-unsaturated/α-hetero) is 2. The number of halogens is 2. The zero-order valence-electron chi connectivity index (χ0n) is 12.0. The monoisotopic (exact) mass is 347 g/mol. The van der Waals surface area contributed by atoms with Crippen molar-refractivity contribution < 1.29 is 14.3 Å². The smallest absolute Gasteiger partial charge is 0.211 e. The minimum atomic E-state index is -0.398. The molecule has 2 aromatic rings. The van der Waals surface area contributed by atoms with Crippen molar-refractivity contribution in [3.8, 4) is 5.75 Å². The molecule has 0 spiro atoms. The summed E-state index contributed by atoms with van der Waals surface area (Å²) in [5.74, 6) is -0.275. The number of anilines is 1. The average Bonchev–Trinajstić information content (AvgIpc) is 2.57. The maximum atomic E-state index is 12.6. The van der Waals surface area contributed by atoms with E-state index >= 15 is 0 Å². The van der Waals surface area contributed by atoms with Crippen LogP contribution in [-0.2, 0) is 0 Å². The number of carbonyl (C=O) groups excluding carboxylic acids is 2. The number of rotatable bonds is 3. The Hall–Kier alpha value is -2.30. The van der Waals surface area contributed by atoms with Gasteiger partial charge in [-0.1, -0.05) is 47.5 Å². The molecule has 2 aromatic carbocycles. The van der Waals surface area contributed by atoms with Gasteiger partial charge in [-0.2, -0.15) is 0 Å². The van der Waals surface area contributed by atoms with Gasteiger partial charge in [0.1, 0.15) is 16.5 Å². The lowest BCUT2D eigenvalue weighted by Gasteiger charge is -2.20. The summed E-state index contributed by atoms with van der Waals surface area (Å²) < 4.78 is 5.23. The predicted molar refractivity (Wildman–Crippen MR) is 89.6 cm³/mol. The second-order valence-electron chi connectivity index (χ2n) is 4.86. The van der Waals surface area contributed by atoms with E-state index in [-0.39, 0.29) is 16.5 Å². The molecule has 23 heavy (non-hydrogen) atoms. The number of benzene rings is 2. The first-order valence-corrected chi connectivity index (χ1v) is 7.47. The van der Waals surface area contributed by atoms with E-state index in [1.807, 2.05) is 0 Å². The number of ketones is 2. The molecule has 0 heterocycles. The quantitative estimate of drug-likeness (QED) is 0.899. The van der Waals surface area contributed by atoms with E-state index in [0.717, 1.165) is 0 Å². The summed E-state index contributed by atoms with van der Waals surface area (Å²) in [6, 6.07) is 11.5. The summed E-state index contributed by atoms with van der Waals surface area (Å²) in [7, 11) is 1.49. The number of nitrogens with one attached hydrogen (secondary N) is 1. The highest BCUT2D eigenvalue weighted by Gasteiger charge is 2.31. The lowest BCUT2D eigenvalue weighted by Crippen LogP contribution is -2.24. The Bertz CT molecular complexity index is 859. The van der Waals surface area contributed by atoms with E-state index in [1.165, 1.54) is 7.11 Å². The highest BCUT2D eigenvalue weighted by molar-refractivity contribution is 6.50. The topological polar surface area (TPSA) is 55.4 Å². The largest absolute Gasteiger partial charge is 0.495 e. The Balaban J connectivity index is 2.07. The Labute approximate surface area is 142 Å². The second-order valence-corrected chi connectivity index (χ2v) is 5.68. The SMILES string of the molecule is COc1ccc(Cl)cc1NC1=C(Cl)C(=O)c2ccccc2C1=O. The third kappa shape index (κ3) is 2.71. The number of methoxy groups -OCH3 is 1. The molecule has 0 unspecified atom stereocenters. The van der Waals surface area contributed by atoms with E-state index in [0.29, 0.717) is 27.6 Å². The van der Waals surface area contributed by atoms with Gasteiger partial charge in [0.25, 0.3) is 0 Å². The lowest BCUT2D eigenvalue weighted by molar-refractivity contribution is 0.0982. The minimum absolute atomic E-state index is 0.0101. The van der Waals surface area contributed by atoms with Crippen molar-refractivity contribution >= 4 is 40.5 Å². The molecule has 116 valence electrons. The van der Waals surface area contributed by atoms with Crippen LogP contribution in [0.3, 0.4) is 0 Å². The van der Waals surface area contributed by atoms with E-state index in [1.54, 1.807) is 42.5 Å². The van der Waals surface area contributed by atoms with Crippen molar-refractivity contribution in [2.24, 2.45) is 0 Å². The fourth-order valence-electron chi connectivity index (χ4n) is 2.37. The molecular formula is C17H11Cl2NO3. The first kappa shape index (κ1) is 15.6. The molecule has 0 aliphatic heterocycles. The van der Waals surface area contributed by atoms with Gasteiger partial charge in [0.05, 0.1) is 12.8 Å². The van der Waals surface area contributed by atoms with E-state index in [2.05, 4.69) is 5.32 Å². The van der Waals surface area contributed by atoms with Crippen molar-refractivity contribution in [1.82, 2.24) is 0 Å². The molecule has 0 amide bonds. The molecule has 1 aliphatic carbocycles. The van der Waals surface area contributed by atoms with Crippen LogP contribution in [0.15, 0.2) is 53.2 Å². The maximum Gasteiger partial charge on any atom is 0.211 e. The molecule has 0 atom stereocenters. The second kappa shape index (κ2) is 6.07. The number of ether oxygens (including phenoxy) is 1. The van der Waals surface area contributed by atoms with Crippen LogP contribution in [0, 0.1) is 0 Å². The molecule has 0 fully saturated rings. The molecule has 0 radical (unpaired) electrons. The van der Waals surface area contributed by atoms with Crippen LogP contribution in [-0.4, -0.2) is 18.7 Å². The average molecular weight is 348 g/mol. The van der Waals surface area contributed by atoms with Crippen LogP contribution in [0.2, 0.25) is 5.02 Å². The predicted octanol–water partition coefficient (Wildman–Crippen LogP) is 4.29. The Morgan fingerprint density at radius 3 is 2.26 bits per heavy atom. The van der Waals surface area contributed by atoms with Crippen LogP contribution in [0.4, 0.5) is 5.69 Å². The van der Waals surface area contributed by atoms with E-state index < -0.39 is 5.78 Å². The number of allylic oxidation sites excluding steroid dienone is 2. The summed E-state index contributed by atoms with van der Waals surface area (Å²) in [5, 5.41) is 3.18. The third-order valence-electron chi connectivity index (χ3n) is 3.48. The number of carbonyl (C=O) groups is 2. The fourth-order valence-corrected chi connectivity index (χ4v) is 2.78. The summed E-state index contributed by atoms with van der Waals surface area (Å²) in [6.45, 7) is 0. The highest BCUT2D eigenvalue weighted by Crippen LogP contribution is 2.33. The van der Waals surface area contributed by atoms with Gasteiger partial charge in [-0.15, -0.1) is 0 Å². The van der Waals surface area contributed by atoms with Gasteiger partial charge in [0.15, 0.2) is 0 Å². The summed E-state index contributed by atoms with van der Waals surface area (Å²) in [5.41, 5.74) is 1.07. The number of hydrogen-bond donors (Lipinski definition) is 1. The standard InChI is InChI=1S/C17H11Cl2NO3/c1-23-13-7-6-9(18)8-12(13)20-15-14(19)16(21)10-4-2-3-5-11(10)17(15)22/h2-8,20H,1H3. The Morgan fingerprint density at radius 2 is 1.61 bits per heavy atom. The summed E-state index contributed by atoms with van der Waals surface area (Å²) in [4.78, 5) is 25.0. The number of hydrogen-bond acceptors (Lipinski definition) is 4. The zero-order valence-corrected chi connectivity index (χ0v) is 13.5. The Kier molecular flexibility index (Phi) is 4.11. The molecule has 1 aliphatic rings.